The van der Waals surface area contributed by atoms with Gasteiger partial charge in [-0.1, -0.05) is 34.1 Å². The number of amides is 3. The van der Waals surface area contributed by atoms with E-state index < -0.39 is 6.04 Å². The molecule has 0 aliphatic carbocycles. The summed E-state index contributed by atoms with van der Waals surface area (Å²) in [6.07, 6.45) is 3.73. The molecule has 2 heterocycles. The quantitative estimate of drug-likeness (QED) is 0.729. The van der Waals surface area contributed by atoms with Gasteiger partial charge in [0, 0.05) is 18.5 Å². The second kappa shape index (κ2) is 7.94. The van der Waals surface area contributed by atoms with Crippen LogP contribution in [0.1, 0.15) is 75.7 Å². The van der Waals surface area contributed by atoms with Gasteiger partial charge in [0.25, 0.3) is 5.91 Å². The monoisotopic (exact) mass is 386 g/mol. The molecule has 1 aromatic carbocycles. The summed E-state index contributed by atoms with van der Waals surface area (Å²) in [5, 5.41) is 2.33. The SMILES string of the molecule is CC[C@H](CC(C)(C)CC)Oc1ccc2c(c1)CN(C1CCC(=O)NC1=O)C2=O. The van der Waals surface area contributed by atoms with Crippen molar-refractivity contribution in [2.45, 2.75) is 78.5 Å². The molecule has 152 valence electrons. The maximum Gasteiger partial charge on any atom is 0.255 e. The molecule has 3 amide bonds. The largest absolute Gasteiger partial charge is 0.490 e. The number of hydrogen-bond acceptors (Lipinski definition) is 4. The summed E-state index contributed by atoms with van der Waals surface area (Å²) in [4.78, 5) is 37.9. The Labute approximate surface area is 166 Å². The molecule has 6 nitrogen and oxygen atoms in total. The van der Waals surface area contributed by atoms with E-state index in [0.29, 0.717) is 18.5 Å². The molecule has 1 N–H and O–H groups in total. The van der Waals surface area contributed by atoms with Crippen LogP contribution in [-0.4, -0.2) is 34.8 Å². The van der Waals surface area contributed by atoms with Crippen molar-refractivity contribution >= 4 is 17.7 Å². The molecule has 2 atom stereocenters. The number of benzene rings is 1. The van der Waals surface area contributed by atoms with Crippen LogP contribution in [0.25, 0.3) is 0 Å². The van der Waals surface area contributed by atoms with Crippen LogP contribution in [0.15, 0.2) is 18.2 Å². The van der Waals surface area contributed by atoms with Crippen molar-refractivity contribution in [2.24, 2.45) is 5.41 Å². The van der Waals surface area contributed by atoms with E-state index in [4.69, 9.17) is 4.74 Å². The first-order chi connectivity index (χ1) is 13.2. The fourth-order valence-corrected chi connectivity index (χ4v) is 3.85. The third-order valence-electron chi connectivity index (χ3n) is 5.99. The topological polar surface area (TPSA) is 75.7 Å². The van der Waals surface area contributed by atoms with Crippen LogP contribution < -0.4 is 10.1 Å². The van der Waals surface area contributed by atoms with Gasteiger partial charge in [-0.2, -0.15) is 0 Å². The van der Waals surface area contributed by atoms with E-state index in [2.05, 4.69) is 33.0 Å². The minimum atomic E-state index is -0.587. The zero-order valence-corrected chi connectivity index (χ0v) is 17.2. The third-order valence-corrected chi connectivity index (χ3v) is 5.99. The minimum absolute atomic E-state index is 0.122. The molecule has 1 saturated heterocycles. The molecule has 6 heteroatoms. The van der Waals surface area contributed by atoms with Crippen LogP contribution in [0, 0.1) is 5.41 Å². The van der Waals surface area contributed by atoms with E-state index in [0.717, 1.165) is 30.6 Å². The molecule has 1 unspecified atom stereocenters. The Kier molecular flexibility index (Phi) is 5.77. The smallest absolute Gasteiger partial charge is 0.255 e. The maximum atomic E-state index is 12.8. The lowest BCUT2D eigenvalue weighted by Crippen LogP contribution is -2.52. The van der Waals surface area contributed by atoms with E-state index in [9.17, 15) is 14.4 Å². The fourth-order valence-electron chi connectivity index (χ4n) is 3.85. The lowest BCUT2D eigenvalue weighted by molar-refractivity contribution is -0.136. The second-order valence-electron chi connectivity index (χ2n) is 8.59. The summed E-state index contributed by atoms with van der Waals surface area (Å²) in [5.74, 6) is -0.0611. The Hall–Kier alpha value is -2.37. The van der Waals surface area contributed by atoms with Crippen molar-refractivity contribution in [1.82, 2.24) is 10.2 Å². The zero-order valence-electron chi connectivity index (χ0n) is 17.2. The fraction of sp³-hybridized carbons (Fsp3) is 0.591. The van der Waals surface area contributed by atoms with E-state index in [1.807, 2.05) is 12.1 Å². The molecular formula is C22H30N2O4. The summed E-state index contributed by atoms with van der Waals surface area (Å²) in [5.41, 5.74) is 1.70. The highest BCUT2D eigenvalue weighted by atomic mass is 16.5. The number of hydrogen-bond donors (Lipinski definition) is 1. The van der Waals surface area contributed by atoms with Gasteiger partial charge in [0.1, 0.15) is 11.8 Å². The zero-order chi connectivity index (χ0) is 20.5. The van der Waals surface area contributed by atoms with Gasteiger partial charge in [-0.3, -0.25) is 19.7 Å². The van der Waals surface area contributed by atoms with Crippen molar-refractivity contribution in [2.75, 3.05) is 0 Å². The summed E-state index contributed by atoms with van der Waals surface area (Å²) in [7, 11) is 0. The lowest BCUT2D eigenvalue weighted by Gasteiger charge is -2.29. The predicted octanol–water partition coefficient (Wildman–Crippen LogP) is 3.43. The highest BCUT2D eigenvalue weighted by Gasteiger charge is 2.39. The van der Waals surface area contributed by atoms with Gasteiger partial charge in [0.05, 0.1) is 6.10 Å². The Morgan fingerprint density at radius 3 is 2.64 bits per heavy atom. The molecule has 1 aromatic rings. The van der Waals surface area contributed by atoms with E-state index >= 15 is 0 Å². The number of nitrogens with one attached hydrogen (secondary N) is 1. The molecule has 1 fully saturated rings. The molecule has 28 heavy (non-hydrogen) atoms. The molecular weight excluding hydrogens is 356 g/mol. The first-order valence-corrected chi connectivity index (χ1v) is 10.2. The van der Waals surface area contributed by atoms with Crippen LogP contribution in [0.2, 0.25) is 0 Å². The van der Waals surface area contributed by atoms with Crippen molar-refractivity contribution < 1.29 is 19.1 Å². The number of nitrogens with zero attached hydrogens (tertiary/aromatic N) is 1. The van der Waals surface area contributed by atoms with Gasteiger partial charge in [-0.25, -0.2) is 0 Å². The van der Waals surface area contributed by atoms with Crippen LogP contribution in [0.4, 0.5) is 0 Å². The summed E-state index contributed by atoms with van der Waals surface area (Å²) in [6.45, 7) is 9.18. The van der Waals surface area contributed by atoms with Crippen molar-refractivity contribution in [3.05, 3.63) is 29.3 Å². The minimum Gasteiger partial charge on any atom is -0.490 e. The number of fused-ring (bicyclic) bond motifs is 1. The van der Waals surface area contributed by atoms with Gasteiger partial charge in [-0.15, -0.1) is 0 Å². The van der Waals surface area contributed by atoms with Gasteiger partial charge in [0.15, 0.2) is 0 Å². The summed E-state index contributed by atoms with van der Waals surface area (Å²) < 4.78 is 6.22. The van der Waals surface area contributed by atoms with Crippen LogP contribution in [0.5, 0.6) is 5.75 Å². The standard InChI is InChI=1S/C22H30N2O4/c1-5-15(12-22(3,4)6-2)28-16-7-8-17-14(11-16)13-24(21(17)27)18-9-10-19(25)23-20(18)26/h7-8,11,15,18H,5-6,9-10,12-13H2,1-4H3,(H,23,25,26)/t15-,18?/m1/s1. The Bertz CT molecular complexity index is 787. The molecule has 3 rings (SSSR count). The lowest BCUT2D eigenvalue weighted by atomic mass is 9.83. The summed E-state index contributed by atoms with van der Waals surface area (Å²) in [6, 6.07) is 4.96. The van der Waals surface area contributed by atoms with Crippen LogP contribution in [0.3, 0.4) is 0 Å². The first-order valence-electron chi connectivity index (χ1n) is 10.2. The van der Waals surface area contributed by atoms with Gasteiger partial charge in [0.2, 0.25) is 11.8 Å². The first kappa shape index (κ1) is 20.4. The molecule has 0 saturated carbocycles. The van der Waals surface area contributed by atoms with Crippen molar-refractivity contribution in [1.29, 1.82) is 0 Å². The molecule has 0 spiro atoms. The second-order valence-corrected chi connectivity index (χ2v) is 8.59. The Morgan fingerprint density at radius 1 is 1.25 bits per heavy atom. The number of rotatable bonds is 7. The van der Waals surface area contributed by atoms with Crippen molar-refractivity contribution in [3.8, 4) is 5.75 Å². The highest BCUT2D eigenvalue weighted by Crippen LogP contribution is 2.33. The molecule has 0 aromatic heterocycles. The highest BCUT2D eigenvalue weighted by molar-refractivity contribution is 6.05. The van der Waals surface area contributed by atoms with E-state index in [1.165, 1.54) is 0 Å². The Morgan fingerprint density at radius 2 is 2.00 bits per heavy atom. The van der Waals surface area contributed by atoms with Crippen molar-refractivity contribution in [3.63, 3.8) is 0 Å². The number of ether oxygens (including phenoxy) is 1. The van der Waals surface area contributed by atoms with E-state index in [-0.39, 0.29) is 35.7 Å². The van der Waals surface area contributed by atoms with Crippen LogP contribution >= 0.6 is 0 Å². The number of carbonyl (C=O) groups excluding carboxylic acids is 3. The number of piperidine rings is 1. The average Bonchev–Trinajstić information content (AvgIpc) is 2.97. The summed E-state index contributed by atoms with van der Waals surface area (Å²) >= 11 is 0. The van der Waals surface area contributed by atoms with Gasteiger partial charge >= 0.3 is 0 Å². The van der Waals surface area contributed by atoms with Gasteiger partial charge < -0.3 is 9.64 Å². The molecule has 0 radical (unpaired) electrons. The normalized spacial score (nSPS) is 20.8. The third kappa shape index (κ3) is 4.21. The van der Waals surface area contributed by atoms with Crippen LogP contribution in [-0.2, 0) is 16.1 Å². The number of carbonyl (C=O) groups is 3. The van der Waals surface area contributed by atoms with Gasteiger partial charge in [-0.05, 0) is 48.4 Å². The predicted molar refractivity (Wildman–Crippen MR) is 106 cm³/mol. The number of imide groups is 1. The van der Waals surface area contributed by atoms with E-state index in [1.54, 1.807) is 11.0 Å². The maximum absolute atomic E-state index is 12.8. The average molecular weight is 386 g/mol. The Balaban J connectivity index is 1.72. The molecule has 2 aliphatic rings. The molecule has 2 aliphatic heterocycles. The molecule has 0 bridgehead atoms.